The standard InChI is InChI=1S/C8H13N3O4/c1-5(6(12)13)3-2-4-11-7(14)9-10-8(11)15/h5H,2-4H2,1H3,(H,9,14)(H,10,15)(H,12,13). The van der Waals surface area contributed by atoms with Gasteiger partial charge in [-0.1, -0.05) is 6.92 Å². The Bertz CT molecular complexity index is 414. The minimum atomic E-state index is -0.870. The maximum absolute atomic E-state index is 11.0. The molecule has 1 unspecified atom stereocenters. The van der Waals surface area contributed by atoms with Gasteiger partial charge in [-0.3, -0.25) is 4.79 Å². The molecular formula is C8H13N3O4. The molecule has 0 aliphatic carbocycles. The highest BCUT2D eigenvalue weighted by atomic mass is 16.4. The number of aliphatic carboxylic acids is 1. The van der Waals surface area contributed by atoms with Crippen LogP contribution in [0.25, 0.3) is 0 Å². The highest BCUT2D eigenvalue weighted by Gasteiger charge is 2.10. The van der Waals surface area contributed by atoms with Gasteiger partial charge in [-0.2, -0.15) is 0 Å². The van der Waals surface area contributed by atoms with Crippen LogP contribution in [0.2, 0.25) is 0 Å². The van der Waals surface area contributed by atoms with Crippen molar-refractivity contribution in [2.45, 2.75) is 26.3 Å². The molecule has 0 radical (unpaired) electrons. The van der Waals surface area contributed by atoms with Crippen LogP contribution in [0.4, 0.5) is 0 Å². The number of hydrogen-bond acceptors (Lipinski definition) is 3. The van der Waals surface area contributed by atoms with Gasteiger partial charge in [0.05, 0.1) is 5.92 Å². The topological polar surface area (TPSA) is 108 Å². The van der Waals surface area contributed by atoms with E-state index < -0.39 is 23.3 Å². The lowest BCUT2D eigenvalue weighted by Crippen LogP contribution is -2.27. The predicted octanol–water partition coefficient (Wildman–Crippen LogP) is -0.634. The molecule has 0 aliphatic heterocycles. The third kappa shape index (κ3) is 2.83. The Morgan fingerprint density at radius 3 is 2.40 bits per heavy atom. The SMILES string of the molecule is CC(CCCn1c(=O)[nH][nH]c1=O)C(=O)O. The molecule has 1 atom stereocenters. The van der Waals surface area contributed by atoms with Gasteiger partial charge in [0, 0.05) is 6.54 Å². The lowest BCUT2D eigenvalue weighted by Gasteiger charge is -2.04. The average molecular weight is 215 g/mol. The summed E-state index contributed by atoms with van der Waals surface area (Å²) in [7, 11) is 0. The summed E-state index contributed by atoms with van der Waals surface area (Å²) in [6.45, 7) is 1.82. The summed E-state index contributed by atoms with van der Waals surface area (Å²) < 4.78 is 1.01. The van der Waals surface area contributed by atoms with Gasteiger partial charge in [0.2, 0.25) is 0 Å². The minimum Gasteiger partial charge on any atom is -0.481 e. The summed E-state index contributed by atoms with van der Waals surface area (Å²) in [6.07, 6.45) is 0.917. The molecular weight excluding hydrogens is 202 g/mol. The third-order valence-electron chi connectivity index (χ3n) is 2.21. The monoisotopic (exact) mass is 215 g/mol. The Hall–Kier alpha value is -1.79. The summed E-state index contributed by atoms with van der Waals surface area (Å²) in [6, 6.07) is 0. The number of carbonyl (C=O) groups is 1. The molecule has 84 valence electrons. The van der Waals surface area contributed by atoms with Crippen molar-refractivity contribution in [3.8, 4) is 0 Å². The number of aromatic nitrogens is 3. The minimum absolute atomic E-state index is 0.231. The van der Waals surface area contributed by atoms with Crippen molar-refractivity contribution in [1.29, 1.82) is 0 Å². The van der Waals surface area contributed by atoms with Crippen LogP contribution in [0.15, 0.2) is 9.59 Å². The number of hydrogen-bond donors (Lipinski definition) is 3. The molecule has 0 amide bonds. The molecule has 1 aromatic heterocycles. The summed E-state index contributed by atoms with van der Waals surface area (Å²) in [5.74, 6) is -1.33. The Balaban J connectivity index is 2.49. The Morgan fingerprint density at radius 1 is 1.40 bits per heavy atom. The first-order valence-corrected chi connectivity index (χ1v) is 4.62. The van der Waals surface area contributed by atoms with Crippen LogP contribution >= 0.6 is 0 Å². The van der Waals surface area contributed by atoms with E-state index in [-0.39, 0.29) is 6.54 Å². The molecule has 0 aromatic carbocycles. The molecule has 3 N–H and O–H groups in total. The predicted molar refractivity (Wildman–Crippen MR) is 51.7 cm³/mol. The van der Waals surface area contributed by atoms with Crippen molar-refractivity contribution >= 4 is 5.97 Å². The number of carboxylic acids is 1. The Kier molecular flexibility index (Phi) is 3.48. The van der Waals surface area contributed by atoms with Crippen molar-refractivity contribution in [3.05, 3.63) is 21.0 Å². The van der Waals surface area contributed by atoms with E-state index in [1.807, 2.05) is 0 Å². The van der Waals surface area contributed by atoms with E-state index in [0.29, 0.717) is 12.8 Å². The first kappa shape index (κ1) is 11.3. The van der Waals surface area contributed by atoms with Crippen LogP contribution in [0.3, 0.4) is 0 Å². The van der Waals surface area contributed by atoms with E-state index in [4.69, 9.17) is 5.11 Å². The molecule has 7 heteroatoms. The second-order valence-electron chi connectivity index (χ2n) is 3.39. The van der Waals surface area contributed by atoms with Crippen molar-refractivity contribution < 1.29 is 9.90 Å². The quantitative estimate of drug-likeness (QED) is 0.607. The first-order chi connectivity index (χ1) is 7.02. The third-order valence-corrected chi connectivity index (χ3v) is 2.21. The number of rotatable bonds is 5. The van der Waals surface area contributed by atoms with Crippen molar-refractivity contribution in [3.63, 3.8) is 0 Å². The fraction of sp³-hybridized carbons (Fsp3) is 0.625. The summed E-state index contributed by atoms with van der Waals surface area (Å²) in [5, 5.41) is 12.9. The van der Waals surface area contributed by atoms with Gasteiger partial charge < -0.3 is 5.11 Å². The first-order valence-electron chi connectivity index (χ1n) is 4.62. The highest BCUT2D eigenvalue weighted by molar-refractivity contribution is 5.69. The smallest absolute Gasteiger partial charge is 0.344 e. The normalized spacial score (nSPS) is 12.6. The Morgan fingerprint density at radius 2 is 1.93 bits per heavy atom. The molecule has 15 heavy (non-hydrogen) atoms. The van der Waals surface area contributed by atoms with Crippen molar-refractivity contribution in [1.82, 2.24) is 14.8 Å². The molecule has 1 heterocycles. The highest BCUT2D eigenvalue weighted by Crippen LogP contribution is 2.05. The number of H-pyrrole nitrogens is 2. The molecule has 0 spiro atoms. The van der Waals surface area contributed by atoms with E-state index in [2.05, 4.69) is 10.2 Å². The summed E-state index contributed by atoms with van der Waals surface area (Å²) >= 11 is 0. The van der Waals surface area contributed by atoms with Gasteiger partial charge in [0.1, 0.15) is 0 Å². The van der Waals surface area contributed by atoms with Crippen LogP contribution in [0.5, 0.6) is 0 Å². The maximum Gasteiger partial charge on any atom is 0.344 e. The zero-order valence-corrected chi connectivity index (χ0v) is 8.32. The molecule has 0 bridgehead atoms. The number of carboxylic acid groups (broad SMARTS) is 1. The largest absolute Gasteiger partial charge is 0.481 e. The van der Waals surface area contributed by atoms with E-state index in [9.17, 15) is 14.4 Å². The molecule has 0 aliphatic rings. The van der Waals surface area contributed by atoms with Crippen LogP contribution < -0.4 is 11.4 Å². The maximum atomic E-state index is 11.0. The van der Waals surface area contributed by atoms with Gasteiger partial charge in [-0.15, -0.1) is 0 Å². The summed E-state index contributed by atoms with van der Waals surface area (Å²) in [5.41, 5.74) is -0.994. The molecule has 1 aromatic rings. The van der Waals surface area contributed by atoms with E-state index >= 15 is 0 Å². The lowest BCUT2D eigenvalue weighted by molar-refractivity contribution is -0.141. The lowest BCUT2D eigenvalue weighted by atomic mass is 10.1. The van der Waals surface area contributed by atoms with Crippen LogP contribution in [-0.2, 0) is 11.3 Å². The fourth-order valence-corrected chi connectivity index (χ4v) is 1.22. The molecule has 0 saturated carbocycles. The summed E-state index contributed by atoms with van der Waals surface area (Å²) in [4.78, 5) is 32.5. The van der Waals surface area contributed by atoms with E-state index in [0.717, 1.165) is 4.57 Å². The van der Waals surface area contributed by atoms with Gasteiger partial charge in [-0.05, 0) is 12.8 Å². The van der Waals surface area contributed by atoms with E-state index in [1.54, 1.807) is 6.92 Å². The van der Waals surface area contributed by atoms with Crippen molar-refractivity contribution in [2.24, 2.45) is 5.92 Å². The zero-order chi connectivity index (χ0) is 11.4. The van der Waals surface area contributed by atoms with Crippen LogP contribution in [-0.4, -0.2) is 25.8 Å². The zero-order valence-electron chi connectivity index (χ0n) is 8.32. The Labute approximate surface area is 84.7 Å². The average Bonchev–Trinajstić information content (AvgIpc) is 2.48. The number of nitrogens with zero attached hydrogens (tertiary/aromatic N) is 1. The van der Waals surface area contributed by atoms with Gasteiger partial charge in [0.25, 0.3) is 0 Å². The molecule has 1 rings (SSSR count). The fourth-order valence-electron chi connectivity index (χ4n) is 1.22. The van der Waals surface area contributed by atoms with Crippen LogP contribution in [0, 0.1) is 5.92 Å². The second-order valence-corrected chi connectivity index (χ2v) is 3.39. The molecule has 0 saturated heterocycles. The van der Waals surface area contributed by atoms with Crippen molar-refractivity contribution in [2.75, 3.05) is 0 Å². The second kappa shape index (κ2) is 4.63. The molecule has 0 fully saturated rings. The number of aromatic amines is 2. The number of nitrogens with one attached hydrogen (secondary N) is 2. The molecule has 7 nitrogen and oxygen atoms in total. The van der Waals surface area contributed by atoms with Gasteiger partial charge in [-0.25, -0.2) is 24.4 Å². The van der Waals surface area contributed by atoms with Gasteiger partial charge in [0.15, 0.2) is 0 Å². The van der Waals surface area contributed by atoms with Crippen LogP contribution in [0.1, 0.15) is 19.8 Å². The van der Waals surface area contributed by atoms with Gasteiger partial charge >= 0.3 is 17.3 Å². The van der Waals surface area contributed by atoms with E-state index in [1.165, 1.54) is 0 Å².